The summed E-state index contributed by atoms with van der Waals surface area (Å²) >= 11 is 0. The van der Waals surface area contributed by atoms with Crippen molar-refractivity contribution in [2.75, 3.05) is 31.6 Å². The lowest BCUT2D eigenvalue weighted by molar-refractivity contribution is 0.0684. The van der Waals surface area contributed by atoms with Gasteiger partial charge in [-0.05, 0) is 69.8 Å². The number of anilines is 1. The number of nitrogens with one attached hydrogen (secondary N) is 1. The van der Waals surface area contributed by atoms with Crippen molar-refractivity contribution in [2.45, 2.75) is 45.2 Å². The number of hydrogen-bond acceptors (Lipinski definition) is 4. The Kier molecular flexibility index (Phi) is 9.08. The number of halogens is 2. The van der Waals surface area contributed by atoms with Gasteiger partial charge < -0.3 is 19.5 Å². The van der Waals surface area contributed by atoms with Gasteiger partial charge in [0, 0.05) is 24.8 Å². The van der Waals surface area contributed by atoms with Crippen LogP contribution < -0.4 is 10.2 Å². The second-order valence-corrected chi connectivity index (χ2v) is 8.20. The zero-order valence-corrected chi connectivity index (χ0v) is 19.4. The summed E-state index contributed by atoms with van der Waals surface area (Å²) < 4.78 is 5.78. The Morgan fingerprint density at radius 3 is 2.63 bits per heavy atom. The van der Waals surface area contributed by atoms with Gasteiger partial charge in [-0.15, -0.1) is 24.8 Å². The summed E-state index contributed by atoms with van der Waals surface area (Å²) in [7, 11) is 2.00. The van der Waals surface area contributed by atoms with Crippen molar-refractivity contribution >= 4 is 36.4 Å². The Balaban J connectivity index is 0.00000160. The highest BCUT2D eigenvalue weighted by Gasteiger charge is 2.30. The molecule has 0 aliphatic carbocycles. The van der Waals surface area contributed by atoms with Crippen LogP contribution in [0.1, 0.15) is 47.9 Å². The summed E-state index contributed by atoms with van der Waals surface area (Å²) in [4.78, 5) is 17.5. The first-order chi connectivity index (χ1) is 13.7. The van der Waals surface area contributed by atoms with Crippen LogP contribution >= 0.6 is 24.8 Å². The molecule has 1 N–H and O–H groups in total. The number of carbonyl (C=O) groups is 1. The highest BCUT2D eigenvalue weighted by atomic mass is 35.5. The standard InChI is InChI=1S/C23H31N3O2.2ClH/c1-17-15-19-5-3-4-6-21(19)26(17)16-22-20(10-14-28-22)23(27)25-12-8-18(9-13-25)7-11-24-2;;/h3-6,10,14,17-18,24H,7-9,11-13,15-16H2,1-2H3;2*1H. The number of nitrogens with zero attached hydrogens (tertiary/aromatic N) is 2. The molecule has 1 unspecified atom stereocenters. The normalized spacial score (nSPS) is 18.5. The predicted octanol–water partition coefficient (Wildman–Crippen LogP) is 4.54. The Bertz CT molecular complexity index is 818. The van der Waals surface area contributed by atoms with E-state index in [-0.39, 0.29) is 30.7 Å². The van der Waals surface area contributed by atoms with Crippen LogP contribution in [0.15, 0.2) is 41.0 Å². The molecule has 0 bridgehead atoms. The number of fused-ring (bicyclic) bond motifs is 1. The van der Waals surface area contributed by atoms with E-state index in [0.717, 1.165) is 56.1 Å². The van der Waals surface area contributed by atoms with Gasteiger partial charge in [-0.25, -0.2) is 0 Å². The third-order valence-electron chi connectivity index (χ3n) is 6.34. The number of hydrogen-bond donors (Lipinski definition) is 1. The lowest BCUT2D eigenvalue weighted by atomic mass is 9.93. The molecule has 1 aromatic heterocycles. The molecule has 0 saturated carbocycles. The van der Waals surface area contributed by atoms with Crippen LogP contribution in [0, 0.1) is 5.92 Å². The highest BCUT2D eigenvalue weighted by Crippen LogP contribution is 2.34. The second kappa shape index (κ2) is 11.1. The fourth-order valence-electron chi connectivity index (χ4n) is 4.62. The molecule has 1 amide bonds. The average Bonchev–Trinajstić information content (AvgIpc) is 3.31. The van der Waals surface area contributed by atoms with Gasteiger partial charge in [-0.1, -0.05) is 18.2 Å². The second-order valence-electron chi connectivity index (χ2n) is 8.20. The predicted molar refractivity (Wildman–Crippen MR) is 126 cm³/mol. The summed E-state index contributed by atoms with van der Waals surface area (Å²) in [6.07, 6.45) is 6.09. The Morgan fingerprint density at radius 2 is 1.90 bits per heavy atom. The Labute approximate surface area is 192 Å². The van der Waals surface area contributed by atoms with E-state index in [9.17, 15) is 4.79 Å². The molecule has 2 aromatic rings. The minimum atomic E-state index is 0. The van der Waals surface area contributed by atoms with Crippen LogP contribution in [0.2, 0.25) is 0 Å². The van der Waals surface area contributed by atoms with Crippen LogP contribution in [0.4, 0.5) is 5.69 Å². The number of rotatable bonds is 6. The number of amides is 1. The van der Waals surface area contributed by atoms with Gasteiger partial charge in [0.1, 0.15) is 5.76 Å². The van der Waals surface area contributed by atoms with E-state index in [1.165, 1.54) is 17.7 Å². The molecule has 0 radical (unpaired) electrons. The molecular formula is C23H33Cl2N3O2. The van der Waals surface area contributed by atoms with Crippen molar-refractivity contribution in [3.8, 4) is 0 Å². The molecule has 5 nitrogen and oxygen atoms in total. The van der Waals surface area contributed by atoms with Crippen LogP contribution in [-0.4, -0.2) is 43.5 Å². The Morgan fingerprint density at radius 1 is 1.17 bits per heavy atom. The number of likely N-dealkylation sites (tertiary alicyclic amines) is 1. The molecule has 1 saturated heterocycles. The fraction of sp³-hybridized carbons (Fsp3) is 0.522. The zero-order chi connectivity index (χ0) is 19.5. The van der Waals surface area contributed by atoms with Gasteiger partial charge in [0.05, 0.1) is 18.4 Å². The highest BCUT2D eigenvalue weighted by molar-refractivity contribution is 5.95. The number of para-hydroxylation sites is 1. The Hall–Kier alpha value is -1.69. The first kappa shape index (κ1) is 24.6. The topological polar surface area (TPSA) is 48.7 Å². The SMILES string of the molecule is CNCCC1CCN(C(=O)c2ccoc2CN2c3ccccc3CC2C)CC1.Cl.Cl. The van der Waals surface area contributed by atoms with Gasteiger partial charge in [0.15, 0.2) is 0 Å². The largest absolute Gasteiger partial charge is 0.467 e. The maximum absolute atomic E-state index is 13.1. The lowest BCUT2D eigenvalue weighted by Crippen LogP contribution is -2.39. The average molecular weight is 454 g/mol. The summed E-state index contributed by atoms with van der Waals surface area (Å²) in [6.45, 7) is 5.63. The van der Waals surface area contributed by atoms with Gasteiger partial charge in [0.2, 0.25) is 0 Å². The molecular weight excluding hydrogens is 421 g/mol. The van der Waals surface area contributed by atoms with E-state index >= 15 is 0 Å². The molecule has 1 aromatic carbocycles. The fourth-order valence-corrected chi connectivity index (χ4v) is 4.62. The number of benzene rings is 1. The third-order valence-corrected chi connectivity index (χ3v) is 6.34. The van der Waals surface area contributed by atoms with E-state index in [0.29, 0.717) is 12.6 Å². The lowest BCUT2D eigenvalue weighted by Gasteiger charge is -2.32. The quantitative estimate of drug-likeness (QED) is 0.697. The zero-order valence-electron chi connectivity index (χ0n) is 17.8. The number of piperidine rings is 1. The van der Waals surface area contributed by atoms with Gasteiger partial charge >= 0.3 is 0 Å². The summed E-state index contributed by atoms with van der Waals surface area (Å²) in [5.41, 5.74) is 3.36. The first-order valence-corrected chi connectivity index (χ1v) is 10.5. The van der Waals surface area contributed by atoms with Crippen molar-refractivity contribution in [1.29, 1.82) is 0 Å². The molecule has 1 atom stereocenters. The maximum Gasteiger partial charge on any atom is 0.257 e. The van der Waals surface area contributed by atoms with Gasteiger partial charge in [-0.3, -0.25) is 4.79 Å². The molecule has 2 aliphatic heterocycles. The van der Waals surface area contributed by atoms with Crippen LogP contribution in [0.5, 0.6) is 0 Å². The first-order valence-electron chi connectivity index (χ1n) is 10.5. The van der Waals surface area contributed by atoms with Gasteiger partial charge in [-0.2, -0.15) is 0 Å². The maximum atomic E-state index is 13.1. The van der Waals surface area contributed by atoms with Crippen molar-refractivity contribution in [1.82, 2.24) is 10.2 Å². The van der Waals surface area contributed by atoms with Crippen LogP contribution in [0.3, 0.4) is 0 Å². The molecule has 4 rings (SSSR count). The number of carbonyl (C=O) groups excluding carboxylic acids is 1. The van der Waals surface area contributed by atoms with Crippen LogP contribution in [0.25, 0.3) is 0 Å². The molecule has 1 fully saturated rings. The van der Waals surface area contributed by atoms with Crippen molar-refractivity contribution in [3.05, 3.63) is 53.5 Å². The smallest absolute Gasteiger partial charge is 0.257 e. The summed E-state index contributed by atoms with van der Waals surface area (Å²) in [6, 6.07) is 10.8. The molecule has 3 heterocycles. The van der Waals surface area contributed by atoms with Gasteiger partial charge in [0.25, 0.3) is 5.91 Å². The van der Waals surface area contributed by atoms with Crippen LogP contribution in [-0.2, 0) is 13.0 Å². The monoisotopic (exact) mass is 453 g/mol. The van der Waals surface area contributed by atoms with E-state index in [4.69, 9.17) is 4.42 Å². The molecule has 30 heavy (non-hydrogen) atoms. The summed E-state index contributed by atoms with van der Waals surface area (Å²) in [5.74, 6) is 1.63. The van der Waals surface area contributed by atoms with E-state index in [1.54, 1.807) is 6.26 Å². The van der Waals surface area contributed by atoms with Crippen molar-refractivity contribution in [3.63, 3.8) is 0 Å². The summed E-state index contributed by atoms with van der Waals surface area (Å²) in [5, 5.41) is 3.23. The molecule has 166 valence electrons. The third kappa shape index (κ3) is 5.13. The van der Waals surface area contributed by atoms with Crippen molar-refractivity contribution in [2.24, 2.45) is 5.92 Å². The molecule has 0 spiro atoms. The molecule has 7 heteroatoms. The van der Waals surface area contributed by atoms with E-state index < -0.39 is 0 Å². The van der Waals surface area contributed by atoms with Crippen molar-refractivity contribution < 1.29 is 9.21 Å². The number of furan rings is 1. The van der Waals surface area contributed by atoms with E-state index in [1.807, 2.05) is 18.0 Å². The molecule has 2 aliphatic rings. The minimum Gasteiger partial charge on any atom is -0.467 e. The van der Waals surface area contributed by atoms with E-state index in [2.05, 4.69) is 41.4 Å². The minimum absolute atomic E-state index is 0.